The molecule has 0 saturated carbocycles. The van der Waals surface area contributed by atoms with Crippen molar-refractivity contribution in [1.29, 1.82) is 0 Å². The van der Waals surface area contributed by atoms with Gasteiger partial charge >= 0.3 is 0 Å². The minimum atomic E-state index is -0.333. The number of furan rings is 1. The molecule has 1 atom stereocenters. The lowest BCUT2D eigenvalue weighted by atomic mass is 10.00. The zero-order valence-electron chi connectivity index (χ0n) is 15.5. The molecule has 0 bridgehead atoms. The van der Waals surface area contributed by atoms with Gasteiger partial charge in [-0.05, 0) is 56.6 Å². The number of piperidine rings is 1. The van der Waals surface area contributed by atoms with E-state index in [0.717, 1.165) is 6.54 Å². The highest BCUT2D eigenvalue weighted by atomic mass is 16.3. The SMILES string of the molecule is CN1CCCC(CO)C1.O=C/C(=C/c1ccco1)NC(=O)c1ccccc1. The summed E-state index contributed by atoms with van der Waals surface area (Å²) in [6.07, 6.45) is 5.99. The van der Waals surface area contributed by atoms with Crippen LogP contribution in [0.2, 0.25) is 0 Å². The Morgan fingerprint density at radius 2 is 2.07 bits per heavy atom. The number of hydrogen-bond acceptors (Lipinski definition) is 5. The molecule has 1 fully saturated rings. The molecule has 2 heterocycles. The number of carbonyl (C=O) groups is 2. The Morgan fingerprint density at radius 1 is 1.30 bits per heavy atom. The van der Waals surface area contributed by atoms with Crippen molar-refractivity contribution in [2.45, 2.75) is 12.8 Å². The van der Waals surface area contributed by atoms with Gasteiger partial charge in [-0.25, -0.2) is 0 Å². The quantitative estimate of drug-likeness (QED) is 0.624. The van der Waals surface area contributed by atoms with E-state index in [1.165, 1.54) is 31.7 Å². The molecule has 1 aliphatic heterocycles. The lowest BCUT2D eigenvalue weighted by Crippen LogP contribution is -2.33. The molecule has 0 spiro atoms. The van der Waals surface area contributed by atoms with Crippen LogP contribution < -0.4 is 5.32 Å². The van der Waals surface area contributed by atoms with Gasteiger partial charge in [-0.3, -0.25) is 9.59 Å². The van der Waals surface area contributed by atoms with Crippen LogP contribution in [-0.4, -0.2) is 48.9 Å². The lowest BCUT2D eigenvalue weighted by molar-refractivity contribution is -0.105. The number of rotatable bonds is 5. The van der Waals surface area contributed by atoms with E-state index in [4.69, 9.17) is 9.52 Å². The molecular weight excluding hydrogens is 344 g/mol. The second-order valence-corrected chi connectivity index (χ2v) is 6.51. The standard InChI is InChI=1S/C14H11NO3.C7H15NO/c16-10-12(9-13-7-4-8-18-13)15-14(17)11-5-2-1-3-6-11;1-8-4-2-3-7(5-8)6-9/h1-10H,(H,15,17);7,9H,2-6H2,1H3/b12-9-;. The summed E-state index contributed by atoms with van der Waals surface area (Å²) in [5.41, 5.74) is 0.642. The maximum Gasteiger partial charge on any atom is 0.255 e. The second kappa shape index (κ2) is 11.1. The summed E-state index contributed by atoms with van der Waals surface area (Å²) < 4.78 is 5.07. The van der Waals surface area contributed by atoms with Crippen LogP contribution in [0.3, 0.4) is 0 Å². The number of aldehydes is 1. The number of aliphatic hydroxyl groups is 1. The number of hydrogen-bond donors (Lipinski definition) is 2. The monoisotopic (exact) mass is 370 g/mol. The van der Waals surface area contributed by atoms with E-state index >= 15 is 0 Å². The molecule has 1 amide bonds. The highest BCUT2D eigenvalue weighted by Gasteiger charge is 2.15. The molecule has 6 nitrogen and oxygen atoms in total. The molecule has 2 aromatic rings. The van der Waals surface area contributed by atoms with Crippen molar-refractivity contribution in [1.82, 2.24) is 10.2 Å². The first-order valence-electron chi connectivity index (χ1n) is 8.98. The van der Waals surface area contributed by atoms with Crippen molar-refractivity contribution in [2.24, 2.45) is 5.92 Å². The summed E-state index contributed by atoms with van der Waals surface area (Å²) in [4.78, 5) is 25.0. The molecule has 3 rings (SSSR count). The summed E-state index contributed by atoms with van der Waals surface area (Å²) in [6.45, 7) is 2.65. The Morgan fingerprint density at radius 3 is 2.63 bits per heavy atom. The van der Waals surface area contributed by atoms with E-state index in [9.17, 15) is 9.59 Å². The van der Waals surface area contributed by atoms with Gasteiger partial charge in [-0.1, -0.05) is 18.2 Å². The van der Waals surface area contributed by atoms with Gasteiger partial charge in [-0.15, -0.1) is 0 Å². The Bertz CT molecular complexity index is 726. The molecule has 0 aliphatic carbocycles. The summed E-state index contributed by atoms with van der Waals surface area (Å²) in [5, 5.41) is 11.3. The molecule has 2 N–H and O–H groups in total. The summed E-state index contributed by atoms with van der Waals surface area (Å²) >= 11 is 0. The fourth-order valence-corrected chi connectivity index (χ4v) is 2.84. The minimum Gasteiger partial charge on any atom is -0.465 e. The van der Waals surface area contributed by atoms with Crippen molar-refractivity contribution < 1.29 is 19.1 Å². The van der Waals surface area contributed by atoms with Crippen LogP contribution in [0.25, 0.3) is 6.08 Å². The van der Waals surface area contributed by atoms with Gasteiger partial charge in [0.05, 0.1) is 12.0 Å². The minimum absolute atomic E-state index is 0.152. The van der Waals surface area contributed by atoms with Crippen molar-refractivity contribution in [3.8, 4) is 0 Å². The second-order valence-electron chi connectivity index (χ2n) is 6.51. The largest absolute Gasteiger partial charge is 0.465 e. The van der Waals surface area contributed by atoms with Crippen molar-refractivity contribution in [2.75, 3.05) is 26.7 Å². The average molecular weight is 370 g/mol. The highest BCUT2D eigenvalue weighted by Crippen LogP contribution is 2.13. The number of carbonyl (C=O) groups excluding carboxylic acids is 2. The first-order chi connectivity index (χ1) is 13.1. The number of likely N-dealkylation sites (tertiary alicyclic amines) is 1. The number of allylic oxidation sites excluding steroid dienone is 1. The Kier molecular flexibility index (Phi) is 8.48. The van der Waals surface area contributed by atoms with Gasteiger partial charge in [0.2, 0.25) is 0 Å². The highest BCUT2D eigenvalue weighted by molar-refractivity contribution is 5.99. The summed E-state index contributed by atoms with van der Waals surface area (Å²) in [6, 6.07) is 12.1. The molecule has 0 radical (unpaired) electrons. The van der Waals surface area contributed by atoms with Gasteiger partial charge in [0, 0.05) is 24.8 Å². The van der Waals surface area contributed by atoms with E-state index in [-0.39, 0.29) is 11.6 Å². The van der Waals surface area contributed by atoms with Crippen molar-refractivity contribution in [3.05, 3.63) is 65.7 Å². The van der Waals surface area contributed by atoms with Gasteiger partial charge in [0.15, 0.2) is 6.29 Å². The first kappa shape index (κ1) is 20.6. The van der Waals surface area contributed by atoms with Crippen molar-refractivity contribution >= 4 is 18.3 Å². The summed E-state index contributed by atoms with van der Waals surface area (Å²) in [5.74, 6) is 0.717. The predicted molar refractivity (Wildman–Crippen MR) is 104 cm³/mol. The fourth-order valence-electron chi connectivity index (χ4n) is 2.84. The van der Waals surface area contributed by atoms with Crippen LogP contribution in [0.1, 0.15) is 29.0 Å². The lowest BCUT2D eigenvalue weighted by Gasteiger charge is -2.27. The topological polar surface area (TPSA) is 82.8 Å². The zero-order valence-corrected chi connectivity index (χ0v) is 15.5. The predicted octanol–water partition coefficient (Wildman–Crippen LogP) is 2.57. The molecule has 27 heavy (non-hydrogen) atoms. The number of aliphatic hydroxyl groups excluding tert-OH is 1. The molecule has 1 saturated heterocycles. The number of amides is 1. The van der Waals surface area contributed by atoms with E-state index in [1.807, 2.05) is 6.07 Å². The van der Waals surface area contributed by atoms with Gasteiger partial charge in [-0.2, -0.15) is 0 Å². The third kappa shape index (κ3) is 7.21. The van der Waals surface area contributed by atoms with Crippen LogP contribution in [0.5, 0.6) is 0 Å². The Balaban J connectivity index is 0.000000244. The molecule has 1 aromatic carbocycles. The van der Waals surface area contributed by atoms with E-state index < -0.39 is 0 Å². The van der Waals surface area contributed by atoms with Crippen LogP contribution in [-0.2, 0) is 4.79 Å². The third-order valence-corrected chi connectivity index (χ3v) is 4.24. The molecular formula is C21H26N2O4. The first-order valence-corrected chi connectivity index (χ1v) is 8.98. The van der Waals surface area contributed by atoms with Crippen LogP contribution in [0.15, 0.2) is 58.8 Å². The third-order valence-electron chi connectivity index (χ3n) is 4.24. The van der Waals surface area contributed by atoms with Gasteiger partial charge < -0.3 is 19.7 Å². The molecule has 6 heteroatoms. The number of benzene rings is 1. The fraction of sp³-hybridized carbons (Fsp3) is 0.333. The number of nitrogens with one attached hydrogen (secondary N) is 1. The van der Waals surface area contributed by atoms with Crippen LogP contribution in [0, 0.1) is 5.92 Å². The van der Waals surface area contributed by atoms with E-state index in [0.29, 0.717) is 30.1 Å². The van der Waals surface area contributed by atoms with Crippen LogP contribution in [0.4, 0.5) is 0 Å². The average Bonchev–Trinajstić information content (AvgIpc) is 3.21. The van der Waals surface area contributed by atoms with E-state index in [2.05, 4.69) is 17.3 Å². The molecule has 1 unspecified atom stereocenters. The van der Waals surface area contributed by atoms with Gasteiger partial charge in [0.1, 0.15) is 5.76 Å². The zero-order chi connectivity index (χ0) is 19.5. The molecule has 1 aliphatic rings. The normalized spacial score (nSPS) is 17.6. The number of nitrogens with zero attached hydrogens (tertiary/aromatic N) is 1. The Labute approximate surface area is 159 Å². The van der Waals surface area contributed by atoms with Gasteiger partial charge in [0.25, 0.3) is 5.91 Å². The molecule has 144 valence electrons. The van der Waals surface area contributed by atoms with Crippen molar-refractivity contribution in [3.63, 3.8) is 0 Å². The maximum absolute atomic E-state index is 11.8. The maximum atomic E-state index is 11.8. The molecule has 1 aromatic heterocycles. The van der Waals surface area contributed by atoms with E-state index in [1.54, 1.807) is 36.4 Å². The van der Waals surface area contributed by atoms with Crippen LogP contribution >= 0.6 is 0 Å². The smallest absolute Gasteiger partial charge is 0.255 e. The Hall–Kier alpha value is -2.70. The summed E-state index contributed by atoms with van der Waals surface area (Å²) in [7, 11) is 2.11.